The summed E-state index contributed by atoms with van der Waals surface area (Å²) in [7, 11) is 0. The molecule has 1 saturated heterocycles. The highest BCUT2D eigenvalue weighted by atomic mass is 16.5. The molecule has 1 rings (SSSR count). The van der Waals surface area contributed by atoms with Gasteiger partial charge in [0.25, 0.3) is 0 Å². The van der Waals surface area contributed by atoms with Gasteiger partial charge in [0.15, 0.2) is 0 Å². The number of rotatable bonds is 3. The van der Waals surface area contributed by atoms with Gasteiger partial charge in [0, 0.05) is 6.04 Å². The van der Waals surface area contributed by atoms with Crippen LogP contribution in [0.2, 0.25) is 0 Å². The Bertz CT molecular complexity index is 141. The van der Waals surface area contributed by atoms with Crippen molar-refractivity contribution in [3.8, 4) is 0 Å². The summed E-state index contributed by atoms with van der Waals surface area (Å²) in [5.41, 5.74) is 0. The van der Waals surface area contributed by atoms with Gasteiger partial charge in [-0.2, -0.15) is 0 Å². The Kier molecular flexibility index (Phi) is 4.08. The first-order valence-electron chi connectivity index (χ1n) is 4.72. The molecule has 0 bridgehead atoms. The van der Waals surface area contributed by atoms with Gasteiger partial charge in [-0.05, 0) is 26.3 Å². The van der Waals surface area contributed by atoms with Gasteiger partial charge in [-0.15, -0.1) is 0 Å². The number of carbonyl (C=O) groups is 1. The molecule has 1 N–H and O–H groups in total. The van der Waals surface area contributed by atoms with Gasteiger partial charge in [0.2, 0.25) is 0 Å². The first-order chi connectivity index (χ1) is 5.83. The molecule has 0 saturated carbocycles. The maximum atomic E-state index is 11.0. The minimum Gasteiger partial charge on any atom is -0.466 e. The van der Waals surface area contributed by atoms with Gasteiger partial charge < -0.3 is 10.1 Å². The van der Waals surface area contributed by atoms with Crippen molar-refractivity contribution in [3.63, 3.8) is 0 Å². The van der Waals surface area contributed by atoms with E-state index in [0.29, 0.717) is 19.1 Å². The molecule has 0 amide bonds. The lowest BCUT2D eigenvalue weighted by molar-refractivity contribution is -0.143. The normalized spacial score (nSPS) is 23.6. The van der Waals surface area contributed by atoms with Crippen LogP contribution in [0.15, 0.2) is 0 Å². The molecule has 70 valence electrons. The molecule has 1 aliphatic rings. The lowest BCUT2D eigenvalue weighted by Crippen LogP contribution is -2.36. The molecule has 0 aromatic heterocycles. The summed E-state index contributed by atoms with van der Waals surface area (Å²) < 4.78 is 4.87. The van der Waals surface area contributed by atoms with E-state index in [1.54, 1.807) is 0 Å². The van der Waals surface area contributed by atoms with E-state index in [-0.39, 0.29) is 5.97 Å². The van der Waals surface area contributed by atoms with Crippen LogP contribution < -0.4 is 5.32 Å². The Morgan fingerprint density at radius 1 is 1.58 bits per heavy atom. The van der Waals surface area contributed by atoms with Gasteiger partial charge in [-0.3, -0.25) is 4.79 Å². The zero-order valence-corrected chi connectivity index (χ0v) is 7.64. The van der Waals surface area contributed by atoms with E-state index in [1.807, 2.05) is 6.92 Å². The second-order valence-electron chi connectivity index (χ2n) is 3.16. The van der Waals surface area contributed by atoms with Crippen molar-refractivity contribution < 1.29 is 9.53 Å². The van der Waals surface area contributed by atoms with E-state index in [2.05, 4.69) is 5.32 Å². The quantitative estimate of drug-likeness (QED) is 0.646. The summed E-state index contributed by atoms with van der Waals surface area (Å²) in [6, 6.07) is 0.359. The highest BCUT2D eigenvalue weighted by molar-refractivity contribution is 5.70. The Morgan fingerprint density at radius 2 is 2.42 bits per heavy atom. The Morgan fingerprint density at radius 3 is 3.00 bits per heavy atom. The molecule has 1 aliphatic heterocycles. The largest absolute Gasteiger partial charge is 0.466 e. The highest BCUT2D eigenvalue weighted by Crippen LogP contribution is 2.10. The van der Waals surface area contributed by atoms with Crippen LogP contribution in [0, 0.1) is 0 Å². The number of carbonyl (C=O) groups excluding carboxylic acids is 1. The van der Waals surface area contributed by atoms with Crippen LogP contribution >= 0.6 is 0 Å². The van der Waals surface area contributed by atoms with E-state index >= 15 is 0 Å². The number of piperidine rings is 1. The van der Waals surface area contributed by atoms with Crippen molar-refractivity contribution in [2.24, 2.45) is 0 Å². The zero-order chi connectivity index (χ0) is 8.81. The van der Waals surface area contributed by atoms with Crippen molar-refractivity contribution in [1.82, 2.24) is 5.32 Å². The molecule has 1 atom stereocenters. The average molecular weight is 171 g/mol. The molecule has 1 heterocycles. The average Bonchev–Trinajstić information content (AvgIpc) is 2.06. The SMILES string of the molecule is CCOC(=O)C[C@@H]1CCCCN1. The molecule has 0 aromatic rings. The van der Waals surface area contributed by atoms with Gasteiger partial charge in [-0.1, -0.05) is 6.42 Å². The first kappa shape index (κ1) is 9.52. The maximum absolute atomic E-state index is 11.0. The smallest absolute Gasteiger partial charge is 0.307 e. The van der Waals surface area contributed by atoms with Crippen molar-refractivity contribution in [1.29, 1.82) is 0 Å². The molecule has 0 unspecified atom stereocenters. The van der Waals surface area contributed by atoms with Gasteiger partial charge >= 0.3 is 5.97 Å². The topological polar surface area (TPSA) is 38.3 Å². The van der Waals surface area contributed by atoms with Crippen LogP contribution in [0.3, 0.4) is 0 Å². The van der Waals surface area contributed by atoms with Crippen LogP contribution in [0.1, 0.15) is 32.6 Å². The van der Waals surface area contributed by atoms with Crippen molar-refractivity contribution >= 4 is 5.97 Å². The summed E-state index contributed by atoms with van der Waals surface area (Å²) in [5, 5.41) is 3.31. The number of hydrogen-bond donors (Lipinski definition) is 1. The third kappa shape index (κ3) is 3.22. The molecule has 1 fully saturated rings. The molecule has 0 radical (unpaired) electrons. The van der Waals surface area contributed by atoms with Crippen molar-refractivity contribution in [2.75, 3.05) is 13.2 Å². The van der Waals surface area contributed by atoms with Crippen LogP contribution in [-0.2, 0) is 9.53 Å². The van der Waals surface area contributed by atoms with Gasteiger partial charge in [-0.25, -0.2) is 0 Å². The van der Waals surface area contributed by atoms with E-state index in [9.17, 15) is 4.79 Å². The van der Waals surface area contributed by atoms with Gasteiger partial charge in [0.1, 0.15) is 0 Å². The number of esters is 1. The van der Waals surface area contributed by atoms with E-state index in [0.717, 1.165) is 13.0 Å². The Balaban J connectivity index is 2.15. The summed E-state index contributed by atoms with van der Waals surface area (Å²) >= 11 is 0. The fourth-order valence-corrected chi connectivity index (χ4v) is 1.52. The van der Waals surface area contributed by atoms with Crippen LogP contribution in [0.4, 0.5) is 0 Å². The molecular formula is C9H17NO2. The van der Waals surface area contributed by atoms with Gasteiger partial charge in [0.05, 0.1) is 13.0 Å². The molecule has 0 spiro atoms. The summed E-state index contributed by atoms with van der Waals surface area (Å²) in [6.45, 7) is 3.38. The standard InChI is InChI=1S/C9H17NO2/c1-2-12-9(11)7-8-5-3-4-6-10-8/h8,10H,2-7H2,1H3/t8-/m0/s1. The van der Waals surface area contributed by atoms with Crippen molar-refractivity contribution in [3.05, 3.63) is 0 Å². The molecule has 3 nitrogen and oxygen atoms in total. The lowest BCUT2D eigenvalue weighted by Gasteiger charge is -2.22. The zero-order valence-electron chi connectivity index (χ0n) is 7.64. The molecule has 0 aliphatic carbocycles. The fraction of sp³-hybridized carbons (Fsp3) is 0.889. The number of ether oxygens (including phenoxy) is 1. The fourth-order valence-electron chi connectivity index (χ4n) is 1.52. The minimum atomic E-state index is -0.0723. The Hall–Kier alpha value is -0.570. The van der Waals surface area contributed by atoms with Crippen LogP contribution in [0.5, 0.6) is 0 Å². The monoisotopic (exact) mass is 171 g/mol. The number of hydrogen-bond acceptors (Lipinski definition) is 3. The lowest BCUT2D eigenvalue weighted by atomic mass is 10.0. The van der Waals surface area contributed by atoms with Crippen LogP contribution in [-0.4, -0.2) is 25.2 Å². The predicted octanol–water partition coefficient (Wildman–Crippen LogP) is 1.08. The summed E-state index contributed by atoms with van der Waals surface area (Å²) in [4.78, 5) is 11.0. The van der Waals surface area contributed by atoms with E-state index < -0.39 is 0 Å². The summed E-state index contributed by atoms with van der Waals surface area (Å²) in [5.74, 6) is -0.0723. The second kappa shape index (κ2) is 5.14. The minimum absolute atomic E-state index is 0.0723. The number of nitrogens with one attached hydrogen (secondary N) is 1. The molecule has 3 heteroatoms. The molecule has 0 aromatic carbocycles. The second-order valence-corrected chi connectivity index (χ2v) is 3.16. The first-order valence-corrected chi connectivity index (χ1v) is 4.72. The van der Waals surface area contributed by atoms with Crippen molar-refractivity contribution in [2.45, 2.75) is 38.6 Å². The van der Waals surface area contributed by atoms with Crippen LogP contribution in [0.25, 0.3) is 0 Å². The molecule has 12 heavy (non-hydrogen) atoms. The predicted molar refractivity (Wildman–Crippen MR) is 46.9 cm³/mol. The molecular weight excluding hydrogens is 154 g/mol. The third-order valence-corrected chi connectivity index (χ3v) is 2.13. The third-order valence-electron chi connectivity index (χ3n) is 2.13. The highest BCUT2D eigenvalue weighted by Gasteiger charge is 2.16. The van der Waals surface area contributed by atoms with E-state index in [4.69, 9.17) is 4.74 Å². The van der Waals surface area contributed by atoms with E-state index in [1.165, 1.54) is 12.8 Å². The maximum Gasteiger partial charge on any atom is 0.307 e. The Labute approximate surface area is 73.5 Å². The summed E-state index contributed by atoms with van der Waals surface area (Å²) in [6.07, 6.45) is 4.11.